The molecule has 0 amide bonds. The van der Waals surface area contributed by atoms with E-state index in [1.54, 1.807) is 6.92 Å². The van der Waals surface area contributed by atoms with Crippen molar-refractivity contribution in [3.8, 4) is 0 Å². The van der Waals surface area contributed by atoms with Crippen LogP contribution in [0.2, 0.25) is 0 Å². The Balaban J connectivity index is 3.31. The first-order chi connectivity index (χ1) is 6.38. The largest absolute Gasteiger partial charge is 0.396 e. The van der Waals surface area contributed by atoms with Crippen LogP contribution < -0.4 is 5.73 Å². The molecule has 0 atom stereocenters. The van der Waals surface area contributed by atoms with E-state index in [-0.39, 0.29) is 5.69 Å². The fraction of sp³-hybridized carbons (Fsp3) is 0.444. The summed E-state index contributed by atoms with van der Waals surface area (Å²) in [6.45, 7) is 2.33. The molecule has 1 aromatic heterocycles. The number of rotatable bonds is 2. The predicted molar refractivity (Wildman–Crippen MR) is 47.6 cm³/mol. The third-order valence-corrected chi connectivity index (χ3v) is 1.94. The van der Waals surface area contributed by atoms with Gasteiger partial charge in [0.05, 0.1) is 5.69 Å². The normalized spacial score (nSPS) is 11.8. The molecular weight excluding hydrogens is 193 g/mol. The molecule has 1 heterocycles. The smallest absolute Gasteiger partial charge is 0.289 e. The molecule has 78 valence electrons. The predicted octanol–water partition coefficient (Wildman–Crippen LogP) is 2.48. The number of nitrogen functional groups attached to an aromatic ring is 1. The monoisotopic (exact) mass is 204 g/mol. The van der Waals surface area contributed by atoms with Gasteiger partial charge in [-0.25, -0.2) is 4.39 Å². The van der Waals surface area contributed by atoms with Crippen LogP contribution in [0.3, 0.4) is 0 Å². The van der Waals surface area contributed by atoms with E-state index in [0.717, 1.165) is 0 Å². The average Bonchev–Trinajstić information content (AvgIpc) is 2.07. The van der Waals surface area contributed by atoms with E-state index in [4.69, 9.17) is 5.73 Å². The van der Waals surface area contributed by atoms with E-state index in [2.05, 4.69) is 4.98 Å². The quantitative estimate of drug-likeness (QED) is 0.803. The zero-order valence-electron chi connectivity index (χ0n) is 7.94. The highest BCUT2D eigenvalue weighted by atomic mass is 19.3. The Labute approximate surface area is 79.9 Å². The zero-order chi connectivity index (χ0) is 10.9. The van der Waals surface area contributed by atoms with Crippen LogP contribution in [0.4, 0.5) is 18.9 Å². The maximum Gasteiger partial charge on any atom is 0.289 e. The summed E-state index contributed by atoms with van der Waals surface area (Å²) in [5.74, 6) is -4.42. The molecule has 0 spiro atoms. The number of pyridine rings is 1. The molecular formula is C9H11F3N2. The van der Waals surface area contributed by atoms with E-state index in [0.29, 0.717) is 18.9 Å². The fourth-order valence-electron chi connectivity index (χ4n) is 1.12. The lowest BCUT2D eigenvalue weighted by Gasteiger charge is -2.13. The van der Waals surface area contributed by atoms with Gasteiger partial charge >= 0.3 is 0 Å². The van der Waals surface area contributed by atoms with Crippen LogP contribution in [-0.2, 0) is 12.3 Å². The number of aromatic nitrogens is 1. The van der Waals surface area contributed by atoms with Crippen molar-refractivity contribution in [2.45, 2.75) is 26.2 Å². The summed E-state index contributed by atoms with van der Waals surface area (Å²) in [5, 5.41) is 0. The maximum absolute atomic E-state index is 13.3. The highest BCUT2D eigenvalue weighted by Gasteiger charge is 2.31. The van der Waals surface area contributed by atoms with Gasteiger partial charge in [0.15, 0.2) is 5.82 Å². The van der Waals surface area contributed by atoms with Gasteiger partial charge in [-0.15, -0.1) is 0 Å². The van der Waals surface area contributed by atoms with Crippen molar-refractivity contribution >= 4 is 5.69 Å². The Morgan fingerprint density at radius 1 is 1.50 bits per heavy atom. The van der Waals surface area contributed by atoms with Gasteiger partial charge in [-0.3, -0.25) is 4.98 Å². The number of hydrogen-bond acceptors (Lipinski definition) is 2. The van der Waals surface area contributed by atoms with Crippen molar-refractivity contribution in [3.05, 3.63) is 23.3 Å². The summed E-state index contributed by atoms with van der Waals surface area (Å²) in [6, 6.07) is 0. The molecule has 1 rings (SSSR count). The van der Waals surface area contributed by atoms with E-state index >= 15 is 0 Å². The first-order valence-corrected chi connectivity index (χ1v) is 4.19. The van der Waals surface area contributed by atoms with Gasteiger partial charge in [-0.05, 0) is 12.0 Å². The summed E-state index contributed by atoms with van der Waals surface area (Å²) >= 11 is 0. The standard InChI is InChI=1S/C9H11F3N2/c1-3-5-4-14-8(9(2,11)12)6(10)7(5)13/h4H,3H2,1-2H3,(H2,13,14). The topological polar surface area (TPSA) is 38.9 Å². The summed E-state index contributed by atoms with van der Waals surface area (Å²) in [5.41, 5.74) is 4.65. The molecule has 0 unspecified atom stereocenters. The molecule has 2 nitrogen and oxygen atoms in total. The first kappa shape index (κ1) is 10.8. The Bertz CT molecular complexity index is 345. The van der Waals surface area contributed by atoms with Crippen LogP contribution in [0.1, 0.15) is 25.1 Å². The van der Waals surface area contributed by atoms with E-state index < -0.39 is 17.4 Å². The minimum atomic E-state index is -3.30. The van der Waals surface area contributed by atoms with Crippen molar-refractivity contribution in [2.75, 3.05) is 5.73 Å². The van der Waals surface area contributed by atoms with E-state index in [1.165, 1.54) is 6.20 Å². The number of nitrogens with zero attached hydrogens (tertiary/aromatic N) is 1. The minimum Gasteiger partial charge on any atom is -0.396 e. The fourth-order valence-corrected chi connectivity index (χ4v) is 1.12. The molecule has 0 radical (unpaired) electrons. The summed E-state index contributed by atoms with van der Waals surface area (Å²) in [4.78, 5) is 3.38. The lowest BCUT2D eigenvalue weighted by molar-refractivity contribution is 0.00887. The van der Waals surface area contributed by atoms with Crippen LogP contribution in [-0.4, -0.2) is 4.98 Å². The van der Waals surface area contributed by atoms with Gasteiger partial charge in [0.25, 0.3) is 5.92 Å². The lowest BCUT2D eigenvalue weighted by Crippen LogP contribution is -2.15. The molecule has 0 aromatic carbocycles. The molecule has 0 bridgehead atoms. The molecule has 0 aliphatic carbocycles. The van der Waals surface area contributed by atoms with Crippen molar-refractivity contribution in [1.29, 1.82) is 0 Å². The van der Waals surface area contributed by atoms with Crippen molar-refractivity contribution in [2.24, 2.45) is 0 Å². The van der Waals surface area contributed by atoms with Gasteiger partial charge in [0.1, 0.15) is 5.69 Å². The summed E-state index contributed by atoms with van der Waals surface area (Å²) in [6.07, 6.45) is 1.65. The second kappa shape index (κ2) is 3.48. The second-order valence-electron chi connectivity index (χ2n) is 3.10. The van der Waals surface area contributed by atoms with Gasteiger partial charge < -0.3 is 5.73 Å². The first-order valence-electron chi connectivity index (χ1n) is 4.19. The number of nitrogens with two attached hydrogens (primary N) is 1. The Morgan fingerprint density at radius 2 is 2.07 bits per heavy atom. The number of anilines is 1. The number of aryl methyl sites for hydroxylation is 1. The van der Waals surface area contributed by atoms with Crippen molar-refractivity contribution in [1.82, 2.24) is 4.98 Å². The van der Waals surface area contributed by atoms with Gasteiger partial charge in [-0.1, -0.05) is 6.92 Å². The third-order valence-electron chi connectivity index (χ3n) is 1.94. The maximum atomic E-state index is 13.3. The molecule has 0 aliphatic heterocycles. The van der Waals surface area contributed by atoms with Crippen molar-refractivity contribution in [3.63, 3.8) is 0 Å². The second-order valence-corrected chi connectivity index (χ2v) is 3.10. The van der Waals surface area contributed by atoms with Gasteiger partial charge in [0.2, 0.25) is 0 Å². The molecule has 0 saturated heterocycles. The number of alkyl halides is 2. The molecule has 0 saturated carbocycles. The molecule has 5 heteroatoms. The zero-order valence-corrected chi connectivity index (χ0v) is 7.94. The van der Waals surface area contributed by atoms with Crippen LogP contribution in [0, 0.1) is 5.82 Å². The average molecular weight is 204 g/mol. The minimum absolute atomic E-state index is 0.237. The van der Waals surface area contributed by atoms with Gasteiger partial charge in [0, 0.05) is 13.1 Å². The van der Waals surface area contributed by atoms with Gasteiger partial charge in [-0.2, -0.15) is 8.78 Å². The highest BCUT2D eigenvalue weighted by molar-refractivity contribution is 5.48. The lowest BCUT2D eigenvalue weighted by atomic mass is 10.1. The Hall–Kier alpha value is -1.26. The molecule has 1 aromatic rings. The molecule has 2 N–H and O–H groups in total. The van der Waals surface area contributed by atoms with Crippen LogP contribution in [0.25, 0.3) is 0 Å². The summed E-state index contributed by atoms with van der Waals surface area (Å²) < 4.78 is 38.8. The number of hydrogen-bond donors (Lipinski definition) is 1. The highest BCUT2D eigenvalue weighted by Crippen LogP contribution is 2.30. The molecule has 14 heavy (non-hydrogen) atoms. The van der Waals surface area contributed by atoms with Crippen LogP contribution in [0.15, 0.2) is 6.20 Å². The number of halogens is 3. The molecule has 0 aliphatic rings. The molecule has 0 fully saturated rings. The van der Waals surface area contributed by atoms with Crippen molar-refractivity contribution < 1.29 is 13.2 Å². The van der Waals surface area contributed by atoms with Crippen LogP contribution >= 0.6 is 0 Å². The van der Waals surface area contributed by atoms with E-state index in [1.807, 2.05) is 0 Å². The Kier molecular flexibility index (Phi) is 2.69. The SMILES string of the molecule is CCc1cnc(C(C)(F)F)c(F)c1N. The summed E-state index contributed by atoms with van der Waals surface area (Å²) in [7, 11) is 0. The van der Waals surface area contributed by atoms with Crippen LogP contribution in [0.5, 0.6) is 0 Å². The van der Waals surface area contributed by atoms with E-state index in [9.17, 15) is 13.2 Å². The Morgan fingerprint density at radius 3 is 2.50 bits per heavy atom. The third kappa shape index (κ3) is 1.81.